The zero-order valence-electron chi connectivity index (χ0n) is 9.89. The van der Waals surface area contributed by atoms with Gasteiger partial charge in [0, 0.05) is 10.2 Å². The van der Waals surface area contributed by atoms with Gasteiger partial charge in [0.1, 0.15) is 6.33 Å². The van der Waals surface area contributed by atoms with E-state index in [0.29, 0.717) is 0 Å². The minimum Gasteiger partial charge on any atom is -0.399 e. The number of halogens is 1. The minimum absolute atomic E-state index is 0.732. The second-order valence-corrected chi connectivity index (χ2v) is 5.17. The predicted octanol–water partition coefficient (Wildman–Crippen LogP) is 3.68. The van der Waals surface area contributed by atoms with Gasteiger partial charge in [-0.05, 0) is 58.7 Å². The molecule has 90 valence electrons. The first-order valence-corrected chi connectivity index (χ1v) is 6.43. The number of imidazole rings is 1. The van der Waals surface area contributed by atoms with E-state index in [0.717, 1.165) is 26.9 Å². The van der Waals surface area contributed by atoms with Crippen LogP contribution in [0.25, 0.3) is 16.7 Å². The van der Waals surface area contributed by atoms with Crippen molar-refractivity contribution in [2.75, 3.05) is 5.73 Å². The van der Waals surface area contributed by atoms with Crippen LogP contribution < -0.4 is 5.73 Å². The Bertz CT molecular complexity index is 731. The number of nitrogens with zero attached hydrogens (tertiary/aromatic N) is 2. The summed E-state index contributed by atoms with van der Waals surface area (Å²) in [5, 5.41) is 0. The Morgan fingerprint density at radius 2 is 2.00 bits per heavy atom. The molecule has 2 aromatic carbocycles. The molecule has 0 aliphatic carbocycles. The lowest BCUT2D eigenvalue weighted by atomic mass is 10.2. The van der Waals surface area contributed by atoms with E-state index in [1.807, 2.05) is 24.5 Å². The van der Waals surface area contributed by atoms with E-state index in [9.17, 15) is 0 Å². The monoisotopic (exact) mass is 301 g/mol. The largest absolute Gasteiger partial charge is 0.399 e. The summed E-state index contributed by atoms with van der Waals surface area (Å²) in [5.74, 6) is 0. The fourth-order valence-electron chi connectivity index (χ4n) is 2.03. The lowest BCUT2D eigenvalue weighted by Crippen LogP contribution is -1.94. The van der Waals surface area contributed by atoms with Gasteiger partial charge in [0.15, 0.2) is 0 Å². The van der Waals surface area contributed by atoms with Gasteiger partial charge in [-0.1, -0.05) is 6.07 Å². The van der Waals surface area contributed by atoms with Crippen molar-refractivity contribution in [3.63, 3.8) is 0 Å². The molecular weight excluding hydrogens is 290 g/mol. The molecule has 2 N–H and O–H groups in total. The number of aryl methyl sites for hydroxylation is 1. The van der Waals surface area contributed by atoms with Crippen molar-refractivity contribution in [1.29, 1.82) is 0 Å². The van der Waals surface area contributed by atoms with E-state index in [2.05, 4.69) is 50.6 Å². The summed E-state index contributed by atoms with van der Waals surface area (Å²) in [4.78, 5) is 4.38. The smallest absolute Gasteiger partial charge is 0.100 e. The third-order valence-corrected chi connectivity index (χ3v) is 3.57. The van der Waals surface area contributed by atoms with E-state index in [1.54, 1.807) is 0 Å². The van der Waals surface area contributed by atoms with Crippen molar-refractivity contribution >= 4 is 32.7 Å². The predicted molar refractivity (Wildman–Crippen MR) is 77.9 cm³/mol. The van der Waals surface area contributed by atoms with Gasteiger partial charge in [0.2, 0.25) is 0 Å². The highest BCUT2D eigenvalue weighted by molar-refractivity contribution is 9.10. The van der Waals surface area contributed by atoms with Crippen molar-refractivity contribution in [1.82, 2.24) is 9.55 Å². The number of aromatic nitrogens is 2. The summed E-state index contributed by atoms with van der Waals surface area (Å²) in [7, 11) is 0. The number of nitrogens with two attached hydrogens (primary N) is 1. The lowest BCUT2D eigenvalue weighted by molar-refractivity contribution is 1.08. The molecule has 0 fully saturated rings. The van der Waals surface area contributed by atoms with Crippen molar-refractivity contribution in [2.45, 2.75) is 6.92 Å². The Kier molecular flexibility index (Phi) is 2.59. The van der Waals surface area contributed by atoms with E-state index in [1.165, 1.54) is 5.56 Å². The molecule has 0 saturated heterocycles. The fraction of sp³-hybridized carbons (Fsp3) is 0.0714. The molecule has 1 heterocycles. The van der Waals surface area contributed by atoms with Gasteiger partial charge in [-0.25, -0.2) is 4.98 Å². The molecule has 0 radical (unpaired) electrons. The zero-order valence-corrected chi connectivity index (χ0v) is 11.5. The van der Waals surface area contributed by atoms with Gasteiger partial charge in [-0.2, -0.15) is 0 Å². The van der Waals surface area contributed by atoms with Crippen LogP contribution >= 0.6 is 15.9 Å². The van der Waals surface area contributed by atoms with Gasteiger partial charge in [-0.15, -0.1) is 0 Å². The summed E-state index contributed by atoms with van der Waals surface area (Å²) in [5.41, 5.74) is 10.7. The quantitative estimate of drug-likeness (QED) is 0.697. The highest BCUT2D eigenvalue weighted by Gasteiger charge is 2.07. The standard InChI is InChI=1S/C14H12BrN3/c1-9-2-4-13(11(15)6-9)18-8-17-12-7-10(16)3-5-14(12)18/h2-8H,16H2,1H3. The molecule has 0 bridgehead atoms. The molecule has 18 heavy (non-hydrogen) atoms. The summed E-state index contributed by atoms with van der Waals surface area (Å²) >= 11 is 3.60. The zero-order chi connectivity index (χ0) is 12.7. The average Bonchev–Trinajstić information content (AvgIpc) is 2.72. The summed E-state index contributed by atoms with van der Waals surface area (Å²) in [6, 6.07) is 12.0. The molecule has 1 aromatic heterocycles. The Morgan fingerprint density at radius 3 is 2.78 bits per heavy atom. The number of anilines is 1. The third kappa shape index (κ3) is 1.78. The number of rotatable bonds is 1. The SMILES string of the molecule is Cc1ccc(-n2cnc3cc(N)ccc32)c(Br)c1. The van der Waals surface area contributed by atoms with Crippen molar-refractivity contribution in [2.24, 2.45) is 0 Å². The fourth-order valence-corrected chi connectivity index (χ4v) is 2.71. The van der Waals surface area contributed by atoms with E-state index >= 15 is 0 Å². The Hall–Kier alpha value is -1.81. The number of nitrogen functional groups attached to an aromatic ring is 1. The molecule has 0 atom stereocenters. The molecule has 0 aliphatic rings. The van der Waals surface area contributed by atoms with Gasteiger partial charge >= 0.3 is 0 Å². The molecule has 3 nitrogen and oxygen atoms in total. The lowest BCUT2D eigenvalue weighted by Gasteiger charge is -2.08. The number of hydrogen-bond acceptors (Lipinski definition) is 2. The van der Waals surface area contributed by atoms with Crippen LogP contribution in [-0.2, 0) is 0 Å². The first kappa shape index (κ1) is 11.3. The molecule has 0 amide bonds. The van der Waals surface area contributed by atoms with Gasteiger partial charge in [0.05, 0.1) is 16.7 Å². The Balaban J connectivity index is 2.25. The van der Waals surface area contributed by atoms with Crippen LogP contribution in [-0.4, -0.2) is 9.55 Å². The molecule has 3 rings (SSSR count). The molecule has 0 unspecified atom stereocenters. The van der Waals surface area contributed by atoms with Gasteiger partial charge in [-0.3, -0.25) is 4.57 Å². The first-order chi connectivity index (χ1) is 8.65. The van der Waals surface area contributed by atoms with Crippen LogP contribution in [0.15, 0.2) is 47.2 Å². The third-order valence-electron chi connectivity index (χ3n) is 2.93. The van der Waals surface area contributed by atoms with Gasteiger partial charge < -0.3 is 5.73 Å². The van der Waals surface area contributed by atoms with Crippen LogP contribution in [0.5, 0.6) is 0 Å². The van der Waals surface area contributed by atoms with Gasteiger partial charge in [0.25, 0.3) is 0 Å². The number of benzene rings is 2. The minimum atomic E-state index is 0.732. The van der Waals surface area contributed by atoms with Crippen LogP contribution in [0.2, 0.25) is 0 Å². The van der Waals surface area contributed by atoms with Crippen molar-refractivity contribution in [3.8, 4) is 5.69 Å². The summed E-state index contributed by atoms with van der Waals surface area (Å²) < 4.78 is 3.11. The molecule has 4 heteroatoms. The number of fused-ring (bicyclic) bond motifs is 1. The van der Waals surface area contributed by atoms with Crippen LogP contribution in [0.4, 0.5) is 5.69 Å². The van der Waals surface area contributed by atoms with Crippen molar-refractivity contribution in [3.05, 3.63) is 52.8 Å². The van der Waals surface area contributed by atoms with Crippen LogP contribution in [0.1, 0.15) is 5.56 Å². The summed E-state index contributed by atoms with van der Waals surface area (Å²) in [6.45, 7) is 2.07. The Labute approximate surface area is 113 Å². The first-order valence-electron chi connectivity index (χ1n) is 5.64. The second kappa shape index (κ2) is 4.14. The number of hydrogen-bond donors (Lipinski definition) is 1. The molecule has 0 spiro atoms. The molecule has 3 aromatic rings. The maximum Gasteiger partial charge on any atom is 0.100 e. The van der Waals surface area contributed by atoms with Crippen LogP contribution in [0, 0.1) is 6.92 Å². The normalized spacial score (nSPS) is 11.0. The average molecular weight is 302 g/mol. The summed E-state index contributed by atoms with van der Waals surface area (Å²) in [6.07, 6.45) is 1.82. The van der Waals surface area contributed by atoms with E-state index in [-0.39, 0.29) is 0 Å². The van der Waals surface area contributed by atoms with E-state index < -0.39 is 0 Å². The van der Waals surface area contributed by atoms with Crippen molar-refractivity contribution < 1.29 is 0 Å². The highest BCUT2D eigenvalue weighted by Crippen LogP contribution is 2.26. The molecule has 0 aliphatic heterocycles. The maximum atomic E-state index is 5.76. The maximum absolute atomic E-state index is 5.76. The highest BCUT2D eigenvalue weighted by atomic mass is 79.9. The second-order valence-electron chi connectivity index (χ2n) is 4.32. The molecule has 0 saturated carbocycles. The van der Waals surface area contributed by atoms with Crippen LogP contribution in [0.3, 0.4) is 0 Å². The van der Waals surface area contributed by atoms with E-state index in [4.69, 9.17) is 5.73 Å². The topological polar surface area (TPSA) is 43.8 Å². The Morgan fingerprint density at radius 1 is 1.17 bits per heavy atom. The molecular formula is C14H12BrN3.